The van der Waals surface area contributed by atoms with Crippen molar-refractivity contribution in [3.05, 3.63) is 52.2 Å². The Morgan fingerprint density at radius 3 is 2.79 bits per heavy atom. The van der Waals surface area contributed by atoms with Gasteiger partial charge in [0, 0.05) is 5.39 Å². The number of aromatic nitrogens is 4. The number of hydrogen-bond acceptors (Lipinski definition) is 9. The number of pyridine rings is 1. The van der Waals surface area contributed by atoms with Crippen LogP contribution in [0, 0.1) is 0 Å². The zero-order valence-electron chi connectivity index (χ0n) is 17.0. The highest BCUT2D eigenvalue weighted by atomic mass is 32.1. The van der Waals surface area contributed by atoms with Gasteiger partial charge in [0.15, 0.2) is 6.10 Å². The third-order valence-electron chi connectivity index (χ3n) is 5.35. The van der Waals surface area contributed by atoms with E-state index in [1.54, 1.807) is 6.07 Å². The number of aliphatic hydroxyl groups excluding tert-OH is 1. The molecule has 176 valence electrons. The Labute approximate surface area is 192 Å². The van der Waals surface area contributed by atoms with Crippen LogP contribution in [0.4, 0.5) is 24.8 Å². The Kier molecular flexibility index (Phi) is 5.22. The van der Waals surface area contributed by atoms with Gasteiger partial charge in [-0.3, -0.25) is 14.5 Å². The van der Waals surface area contributed by atoms with E-state index in [2.05, 4.69) is 19.3 Å². The fraction of sp³-hybridized carbons (Fsp3) is 0.250. The summed E-state index contributed by atoms with van der Waals surface area (Å²) in [4.78, 5) is 37.0. The second-order valence-electron chi connectivity index (χ2n) is 7.46. The van der Waals surface area contributed by atoms with E-state index in [1.165, 1.54) is 12.1 Å². The van der Waals surface area contributed by atoms with Gasteiger partial charge in [-0.25, -0.2) is 9.97 Å². The van der Waals surface area contributed by atoms with Crippen molar-refractivity contribution in [2.45, 2.75) is 18.4 Å². The molecular formula is C20H15F3N6O4S. The first-order chi connectivity index (χ1) is 16.1. The number of H-pyrrole nitrogens is 1. The Balaban J connectivity index is 1.49. The Morgan fingerprint density at radius 1 is 1.24 bits per heavy atom. The number of rotatable bonds is 3. The molecule has 1 saturated heterocycles. The second kappa shape index (κ2) is 8.00. The van der Waals surface area contributed by atoms with Gasteiger partial charge < -0.3 is 20.6 Å². The van der Waals surface area contributed by atoms with E-state index < -0.39 is 35.5 Å². The number of fused-ring (bicyclic) bond motifs is 3. The van der Waals surface area contributed by atoms with Gasteiger partial charge in [-0.15, -0.1) is 0 Å². The largest absolute Gasteiger partial charge is 0.433 e. The van der Waals surface area contributed by atoms with Crippen LogP contribution in [0.15, 0.2) is 35.1 Å². The number of nitrogens with one attached hydrogen (secondary N) is 1. The molecule has 0 spiro atoms. The lowest BCUT2D eigenvalue weighted by Crippen LogP contribution is -2.51. The highest BCUT2D eigenvalue weighted by molar-refractivity contribution is 7.14. The molecule has 5 rings (SSSR count). The number of aliphatic hydroxyl groups is 1. The highest BCUT2D eigenvalue weighted by Crippen LogP contribution is 2.32. The molecule has 0 radical (unpaired) electrons. The van der Waals surface area contributed by atoms with Crippen molar-refractivity contribution in [3.63, 3.8) is 0 Å². The average Bonchev–Trinajstić information content (AvgIpc) is 3.18. The smallest absolute Gasteiger partial charge is 0.382 e. The molecular weight excluding hydrogens is 477 g/mol. The van der Waals surface area contributed by atoms with Gasteiger partial charge in [0.1, 0.15) is 29.3 Å². The molecule has 4 heterocycles. The number of carbonyl (C=O) groups excluding carboxylic acids is 1. The van der Waals surface area contributed by atoms with Crippen molar-refractivity contribution in [1.29, 1.82) is 0 Å². The molecule has 1 amide bonds. The number of ether oxygens (including phenoxy) is 1. The molecule has 4 N–H and O–H groups in total. The van der Waals surface area contributed by atoms with Gasteiger partial charge in [0.25, 0.3) is 11.5 Å². The summed E-state index contributed by atoms with van der Waals surface area (Å²) in [5.41, 5.74) is 4.32. The van der Waals surface area contributed by atoms with Gasteiger partial charge in [-0.1, -0.05) is 6.07 Å². The van der Waals surface area contributed by atoms with E-state index in [0.29, 0.717) is 10.1 Å². The number of nitrogens with two attached hydrogens (primary N) is 1. The van der Waals surface area contributed by atoms with Crippen LogP contribution in [-0.2, 0) is 15.7 Å². The predicted octanol–water partition coefficient (Wildman–Crippen LogP) is 1.99. The summed E-state index contributed by atoms with van der Waals surface area (Å²) in [5, 5.41) is 11.7. The normalized spacial score (nSPS) is 18.1. The molecule has 14 heteroatoms. The summed E-state index contributed by atoms with van der Waals surface area (Å²) in [6, 6.07) is 6.36. The SMILES string of the molecule is Nc1nsc2c1ccc1nc(C(O)[C@H]3OCCN(c4cccc(C(F)(F)F)n4)C3=O)[nH]c(=O)c12. The maximum Gasteiger partial charge on any atom is 0.433 e. The van der Waals surface area contributed by atoms with Gasteiger partial charge in [-0.05, 0) is 35.8 Å². The van der Waals surface area contributed by atoms with Gasteiger partial charge in [-0.2, -0.15) is 17.5 Å². The summed E-state index contributed by atoms with van der Waals surface area (Å²) in [5.74, 6) is -1.01. The molecule has 2 atom stereocenters. The third kappa shape index (κ3) is 3.65. The minimum absolute atomic E-state index is 0.0667. The minimum Gasteiger partial charge on any atom is -0.382 e. The Bertz CT molecular complexity index is 1490. The number of halogens is 3. The van der Waals surface area contributed by atoms with Gasteiger partial charge in [0.2, 0.25) is 0 Å². The van der Waals surface area contributed by atoms with E-state index in [-0.39, 0.29) is 41.5 Å². The van der Waals surface area contributed by atoms with Crippen LogP contribution >= 0.6 is 11.5 Å². The monoisotopic (exact) mass is 492 g/mol. The number of nitrogen functional groups attached to an aromatic ring is 1. The number of morpholine rings is 1. The Hall–Kier alpha value is -3.62. The first kappa shape index (κ1) is 22.2. The highest BCUT2D eigenvalue weighted by Gasteiger charge is 2.39. The predicted molar refractivity (Wildman–Crippen MR) is 116 cm³/mol. The molecule has 1 unspecified atom stereocenters. The van der Waals surface area contributed by atoms with Crippen LogP contribution in [0.2, 0.25) is 0 Å². The third-order valence-corrected chi connectivity index (χ3v) is 6.24. The zero-order valence-corrected chi connectivity index (χ0v) is 17.9. The average molecular weight is 492 g/mol. The maximum absolute atomic E-state index is 13.0. The molecule has 1 fully saturated rings. The molecule has 1 aromatic carbocycles. The van der Waals surface area contributed by atoms with E-state index in [4.69, 9.17) is 10.5 Å². The summed E-state index contributed by atoms with van der Waals surface area (Å²) >= 11 is 1.03. The van der Waals surface area contributed by atoms with Crippen molar-refractivity contribution < 1.29 is 27.8 Å². The van der Waals surface area contributed by atoms with Crippen molar-refractivity contribution in [2.75, 3.05) is 23.8 Å². The summed E-state index contributed by atoms with van der Waals surface area (Å²) in [6.07, 6.45) is -7.90. The number of carbonyl (C=O) groups is 1. The summed E-state index contributed by atoms with van der Waals surface area (Å²) in [6.45, 7) is -0.146. The number of alkyl halides is 3. The van der Waals surface area contributed by atoms with Crippen molar-refractivity contribution in [2.24, 2.45) is 0 Å². The van der Waals surface area contributed by atoms with Crippen LogP contribution in [0.5, 0.6) is 0 Å². The molecule has 1 aliphatic rings. The van der Waals surface area contributed by atoms with Crippen LogP contribution < -0.4 is 16.2 Å². The molecule has 0 saturated carbocycles. The minimum atomic E-state index is -4.69. The second-order valence-corrected chi connectivity index (χ2v) is 8.23. The first-order valence-corrected chi connectivity index (χ1v) is 10.7. The molecule has 34 heavy (non-hydrogen) atoms. The number of aromatic amines is 1. The van der Waals surface area contributed by atoms with Crippen LogP contribution in [0.25, 0.3) is 21.0 Å². The summed E-state index contributed by atoms with van der Waals surface area (Å²) < 4.78 is 49.1. The van der Waals surface area contributed by atoms with Crippen LogP contribution in [-0.4, -0.2) is 49.6 Å². The molecule has 3 aromatic heterocycles. The van der Waals surface area contributed by atoms with Crippen molar-refractivity contribution in [1.82, 2.24) is 19.3 Å². The quantitative estimate of drug-likeness (QED) is 0.393. The number of benzene rings is 1. The molecule has 0 aliphatic carbocycles. The molecule has 10 nitrogen and oxygen atoms in total. The zero-order chi connectivity index (χ0) is 24.2. The van der Waals surface area contributed by atoms with Crippen molar-refractivity contribution in [3.8, 4) is 0 Å². The fourth-order valence-electron chi connectivity index (χ4n) is 3.74. The Morgan fingerprint density at radius 2 is 2.03 bits per heavy atom. The lowest BCUT2D eigenvalue weighted by atomic mass is 10.1. The lowest BCUT2D eigenvalue weighted by Gasteiger charge is -2.33. The van der Waals surface area contributed by atoms with E-state index in [1.807, 2.05) is 0 Å². The number of amides is 1. The first-order valence-electron chi connectivity index (χ1n) is 9.88. The fourth-order valence-corrected chi connectivity index (χ4v) is 4.58. The number of nitrogens with zero attached hydrogens (tertiary/aromatic N) is 4. The molecule has 0 bridgehead atoms. The van der Waals surface area contributed by atoms with E-state index in [9.17, 15) is 27.9 Å². The van der Waals surface area contributed by atoms with E-state index in [0.717, 1.165) is 28.6 Å². The van der Waals surface area contributed by atoms with E-state index >= 15 is 0 Å². The lowest BCUT2D eigenvalue weighted by molar-refractivity contribution is -0.144. The maximum atomic E-state index is 13.0. The standard InChI is InChI=1S/C20H15F3N6O4S/c21-20(22,23)10-2-1-3-11(26-10)29-6-7-33-14(19(29)32)13(30)17-25-9-5-4-8-15(34-28-16(8)24)12(9)18(31)27-17/h1-5,13-14,30H,6-7H2,(H2,24,28)(H,25,27,31)/t13?,14-/m1/s1. The van der Waals surface area contributed by atoms with Crippen LogP contribution in [0.1, 0.15) is 17.6 Å². The van der Waals surface area contributed by atoms with Gasteiger partial charge in [0.05, 0.1) is 28.8 Å². The number of hydrogen-bond donors (Lipinski definition) is 3. The number of anilines is 2. The topological polar surface area (TPSA) is 147 Å². The summed E-state index contributed by atoms with van der Waals surface area (Å²) in [7, 11) is 0. The molecule has 4 aromatic rings. The molecule has 1 aliphatic heterocycles. The van der Waals surface area contributed by atoms with Crippen LogP contribution in [0.3, 0.4) is 0 Å². The van der Waals surface area contributed by atoms with Gasteiger partial charge >= 0.3 is 6.18 Å². The van der Waals surface area contributed by atoms with Crippen molar-refractivity contribution >= 4 is 50.1 Å².